The van der Waals surface area contributed by atoms with Crippen LogP contribution in [0, 0.1) is 6.92 Å². The number of carbonyl (C=O) groups is 1. The SMILES string of the molecule is CCNC(=NCC1(Sc2ccccc2)CC1)NCCNC(=O)c1scnc1C.I. The van der Waals surface area contributed by atoms with E-state index in [9.17, 15) is 4.79 Å². The number of aliphatic imine (C=N–C) groups is 1. The van der Waals surface area contributed by atoms with Gasteiger partial charge >= 0.3 is 0 Å². The second-order valence-corrected chi connectivity index (χ2v) is 9.14. The Morgan fingerprint density at radius 3 is 2.55 bits per heavy atom. The average Bonchev–Trinajstić information content (AvgIpc) is 3.32. The van der Waals surface area contributed by atoms with E-state index in [1.54, 1.807) is 5.51 Å². The molecule has 1 amide bonds. The van der Waals surface area contributed by atoms with Crippen molar-refractivity contribution in [2.24, 2.45) is 4.99 Å². The van der Waals surface area contributed by atoms with Crippen molar-refractivity contribution in [1.29, 1.82) is 0 Å². The predicted octanol–water partition coefficient (Wildman–Crippen LogP) is 3.68. The molecule has 1 aliphatic rings. The fourth-order valence-electron chi connectivity index (χ4n) is 2.69. The van der Waals surface area contributed by atoms with E-state index in [0.717, 1.165) is 24.7 Å². The summed E-state index contributed by atoms with van der Waals surface area (Å²) in [5.74, 6) is 0.727. The zero-order valence-corrected chi connectivity index (χ0v) is 20.7. The van der Waals surface area contributed by atoms with E-state index >= 15 is 0 Å². The number of thioether (sulfide) groups is 1. The Labute approximate surface area is 197 Å². The number of aryl methyl sites for hydroxylation is 1. The van der Waals surface area contributed by atoms with E-state index in [0.29, 0.717) is 18.0 Å². The van der Waals surface area contributed by atoms with Gasteiger partial charge in [0.25, 0.3) is 5.91 Å². The van der Waals surface area contributed by atoms with Gasteiger partial charge in [-0.15, -0.1) is 47.1 Å². The minimum absolute atomic E-state index is 0. The molecule has 2 aromatic rings. The molecule has 0 atom stereocenters. The Bertz CT molecular complexity index is 808. The Kier molecular flexibility index (Phi) is 9.70. The number of carbonyl (C=O) groups excluding carboxylic acids is 1. The fourth-order valence-corrected chi connectivity index (χ4v) is 4.64. The predicted molar refractivity (Wildman–Crippen MR) is 133 cm³/mol. The number of amides is 1. The van der Waals surface area contributed by atoms with Crippen LogP contribution in [0.2, 0.25) is 0 Å². The van der Waals surface area contributed by atoms with Crippen LogP contribution in [0.5, 0.6) is 0 Å². The molecule has 0 aliphatic heterocycles. The van der Waals surface area contributed by atoms with Crippen molar-refractivity contribution in [3.63, 3.8) is 0 Å². The number of guanidine groups is 1. The number of aromatic nitrogens is 1. The lowest BCUT2D eigenvalue weighted by molar-refractivity contribution is 0.0957. The summed E-state index contributed by atoms with van der Waals surface area (Å²) in [6, 6.07) is 10.5. The molecular formula is C20H28IN5OS2. The van der Waals surface area contributed by atoms with Gasteiger partial charge in [-0.05, 0) is 38.8 Å². The van der Waals surface area contributed by atoms with Gasteiger partial charge < -0.3 is 16.0 Å². The van der Waals surface area contributed by atoms with Crippen molar-refractivity contribution in [2.45, 2.75) is 36.3 Å². The summed E-state index contributed by atoms with van der Waals surface area (Å²) >= 11 is 3.29. The lowest BCUT2D eigenvalue weighted by atomic mass is 10.4. The standard InChI is InChI=1S/C20H27N5OS2.HI/c1-3-21-19(23-12-11-22-18(26)17-15(2)25-14-27-17)24-13-20(9-10-20)28-16-7-5-4-6-8-16;/h4-8,14H,3,9-13H2,1-2H3,(H,22,26)(H2,21,23,24);1H. The highest BCUT2D eigenvalue weighted by Gasteiger charge is 2.43. The van der Waals surface area contributed by atoms with Crippen molar-refractivity contribution < 1.29 is 4.79 Å². The van der Waals surface area contributed by atoms with Crippen molar-refractivity contribution >= 4 is 58.9 Å². The van der Waals surface area contributed by atoms with Gasteiger partial charge in [0.05, 0.1) is 17.7 Å². The quantitative estimate of drug-likeness (QED) is 0.194. The third-order valence-corrected chi connectivity index (χ3v) is 6.82. The molecule has 1 aliphatic carbocycles. The van der Waals surface area contributed by atoms with Crippen LogP contribution in [-0.2, 0) is 0 Å². The van der Waals surface area contributed by atoms with Gasteiger partial charge in [-0.2, -0.15) is 0 Å². The number of hydrogen-bond donors (Lipinski definition) is 3. The molecule has 9 heteroatoms. The lowest BCUT2D eigenvalue weighted by Gasteiger charge is -2.15. The van der Waals surface area contributed by atoms with Crippen LogP contribution in [-0.4, -0.2) is 47.8 Å². The highest BCUT2D eigenvalue weighted by Crippen LogP contribution is 2.51. The topological polar surface area (TPSA) is 78.4 Å². The van der Waals surface area contributed by atoms with Crippen LogP contribution in [0.1, 0.15) is 35.1 Å². The van der Waals surface area contributed by atoms with E-state index in [-0.39, 0.29) is 34.6 Å². The fraction of sp³-hybridized carbons (Fsp3) is 0.450. The van der Waals surface area contributed by atoms with Crippen LogP contribution in [0.3, 0.4) is 0 Å². The Balaban J connectivity index is 0.00000300. The minimum Gasteiger partial charge on any atom is -0.357 e. The molecule has 0 radical (unpaired) electrons. The monoisotopic (exact) mass is 545 g/mol. The zero-order chi connectivity index (χ0) is 19.8. The van der Waals surface area contributed by atoms with E-state index in [1.807, 2.05) is 24.8 Å². The number of nitrogens with zero attached hydrogens (tertiary/aromatic N) is 2. The number of benzene rings is 1. The van der Waals surface area contributed by atoms with E-state index in [4.69, 9.17) is 4.99 Å². The molecule has 1 saturated carbocycles. The molecule has 1 fully saturated rings. The molecule has 0 bridgehead atoms. The average molecular weight is 546 g/mol. The van der Waals surface area contributed by atoms with Crippen molar-refractivity contribution in [3.05, 3.63) is 46.4 Å². The van der Waals surface area contributed by atoms with Gasteiger partial charge in [-0.3, -0.25) is 9.79 Å². The molecule has 3 N–H and O–H groups in total. The van der Waals surface area contributed by atoms with Crippen LogP contribution in [0.15, 0.2) is 45.7 Å². The molecule has 1 heterocycles. The van der Waals surface area contributed by atoms with Gasteiger partial charge in [0.2, 0.25) is 0 Å². The first kappa shape index (κ1) is 23.9. The van der Waals surface area contributed by atoms with Gasteiger partial charge in [-0.1, -0.05) is 18.2 Å². The zero-order valence-electron chi connectivity index (χ0n) is 16.7. The summed E-state index contributed by atoms with van der Waals surface area (Å²) in [5.41, 5.74) is 2.47. The maximum Gasteiger partial charge on any atom is 0.263 e. The summed E-state index contributed by atoms with van der Waals surface area (Å²) in [7, 11) is 0. The summed E-state index contributed by atoms with van der Waals surface area (Å²) in [6.07, 6.45) is 2.39. The molecule has 1 aromatic heterocycles. The Morgan fingerprint density at radius 1 is 1.21 bits per heavy atom. The normalized spacial score (nSPS) is 14.6. The third-order valence-electron chi connectivity index (χ3n) is 4.41. The largest absolute Gasteiger partial charge is 0.357 e. The third kappa shape index (κ3) is 7.45. The Hall–Kier alpha value is -1.33. The number of rotatable bonds is 9. The summed E-state index contributed by atoms with van der Waals surface area (Å²) < 4.78 is 0.224. The second-order valence-electron chi connectivity index (χ2n) is 6.74. The molecular weight excluding hydrogens is 517 g/mol. The lowest BCUT2D eigenvalue weighted by Crippen LogP contribution is -2.42. The number of nitrogens with one attached hydrogen (secondary N) is 3. The van der Waals surface area contributed by atoms with Crippen molar-refractivity contribution in [3.8, 4) is 0 Å². The van der Waals surface area contributed by atoms with E-state index < -0.39 is 0 Å². The molecule has 29 heavy (non-hydrogen) atoms. The van der Waals surface area contributed by atoms with E-state index in [2.05, 4.69) is 52.1 Å². The van der Waals surface area contributed by atoms with Crippen LogP contribution in [0.4, 0.5) is 0 Å². The Morgan fingerprint density at radius 2 is 1.93 bits per heavy atom. The maximum absolute atomic E-state index is 12.1. The first-order valence-corrected chi connectivity index (χ1v) is 11.3. The minimum atomic E-state index is -0.0695. The van der Waals surface area contributed by atoms with E-state index in [1.165, 1.54) is 29.1 Å². The number of halogens is 1. The molecule has 1 aromatic carbocycles. The van der Waals surface area contributed by atoms with Gasteiger partial charge in [0.15, 0.2) is 5.96 Å². The van der Waals surface area contributed by atoms with Gasteiger partial charge in [0.1, 0.15) is 4.88 Å². The number of hydrogen-bond acceptors (Lipinski definition) is 5. The number of thiazole rings is 1. The van der Waals surface area contributed by atoms with Crippen LogP contribution in [0.25, 0.3) is 0 Å². The molecule has 0 unspecified atom stereocenters. The first-order valence-electron chi connectivity index (χ1n) is 9.56. The summed E-state index contributed by atoms with van der Waals surface area (Å²) in [6.45, 7) is 6.64. The molecule has 6 nitrogen and oxygen atoms in total. The maximum atomic E-state index is 12.1. The van der Waals surface area contributed by atoms with Crippen LogP contribution >= 0.6 is 47.1 Å². The first-order chi connectivity index (χ1) is 13.6. The van der Waals surface area contributed by atoms with Gasteiger partial charge in [0, 0.05) is 29.3 Å². The van der Waals surface area contributed by atoms with Crippen molar-refractivity contribution in [2.75, 3.05) is 26.2 Å². The highest BCUT2D eigenvalue weighted by atomic mass is 127. The summed E-state index contributed by atoms with van der Waals surface area (Å²) in [4.78, 5) is 23.0. The van der Waals surface area contributed by atoms with Crippen LogP contribution < -0.4 is 16.0 Å². The molecule has 3 rings (SSSR count). The highest BCUT2D eigenvalue weighted by molar-refractivity contribution is 14.0. The summed E-state index contributed by atoms with van der Waals surface area (Å²) in [5, 5.41) is 9.51. The molecule has 158 valence electrons. The van der Waals surface area contributed by atoms with Gasteiger partial charge in [-0.25, -0.2) is 4.98 Å². The molecule has 0 saturated heterocycles. The molecule has 0 spiro atoms. The second kappa shape index (κ2) is 11.8. The smallest absolute Gasteiger partial charge is 0.263 e. The van der Waals surface area contributed by atoms with Crippen molar-refractivity contribution in [1.82, 2.24) is 20.9 Å².